The van der Waals surface area contributed by atoms with Crippen molar-refractivity contribution in [3.63, 3.8) is 0 Å². The maximum Gasteiger partial charge on any atom is 0.286 e. The molecule has 9 nitrogen and oxygen atoms in total. The lowest BCUT2D eigenvalue weighted by Gasteiger charge is -2.10. The monoisotopic (exact) mass is 322 g/mol. The zero-order valence-corrected chi connectivity index (χ0v) is 13.0. The van der Waals surface area contributed by atoms with Crippen molar-refractivity contribution < 1.29 is 0 Å². The summed E-state index contributed by atoms with van der Waals surface area (Å²) in [6.07, 6.45) is 6.73. The molecule has 9 heteroatoms. The molecular weight excluding hydrogens is 308 g/mol. The molecule has 0 aromatic carbocycles. The number of anilines is 3. The highest BCUT2D eigenvalue weighted by Gasteiger charge is 2.09. The quantitative estimate of drug-likeness (QED) is 0.659. The number of rotatable bonds is 4. The zero-order valence-electron chi connectivity index (χ0n) is 13.0. The van der Waals surface area contributed by atoms with Crippen molar-refractivity contribution in [2.75, 3.05) is 17.7 Å². The molecule has 3 rings (SSSR count). The molecule has 0 atom stereocenters. The van der Waals surface area contributed by atoms with Gasteiger partial charge in [-0.25, -0.2) is 9.97 Å². The van der Waals surface area contributed by atoms with E-state index in [1.165, 1.54) is 6.20 Å². The Morgan fingerprint density at radius 3 is 2.75 bits per heavy atom. The van der Waals surface area contributed by atoms with E-state index in [9.17, 15) is 4.79 Å². The van der Waals surface area contributed by atoms with Gasteiger partial charge in [0.2, 0.25) is 5.69 Å². The highest BCUT2D eigenvalue weighted by Crippen LogP contribution is 2.29. The topological polar surface area (TPSA) is 124 Å². The minimum atomic E-state index is -0.552. The van der Waals surface area contributed by atoms with Crippen LogP contribution in [-0.2, 0) is 7.05 Å². The Labute approximate surface area is 137 Å². The van der Waals surface area contributed by atoms with Crippen molar-refractivity contribution in [3.8, 4) is 17.2 Å². The van der Waals surface area contributed by atoms with Crippen molar-refractivity contribution in [2.45, 2.75) is 0 Å². The van der Waals surface area contributed by atoms with Crippen LogP contribution in [0.1, 0.15) is 5.69 Å². The first kappa shape index (κ1) is 15.2. The fraction of sp³-hybridized carbons (Fsp3) is 0.133. The molecule has 3 aromatic heterocycles. The normalized spacial score (nSPS) is 10.2. The molecule has 3 heterocycles. The summed E-state index contributed by atoms with van der Waals surface area (Å²) in [6, 6.07) is 3.52. The van der Waals surface area contributed by atoms with Crippen LogP contribution in [0.25, 0.3) is 11.1 Å². The van der Waals surface area contributed by atoms with E-state index in [-0.39, 0.29) is 5.69 Å². The van der Waals surface area contributed by atoms with Gasteiger partial charge in [0.05, 0.1) is 12.4 Å². The lowest BCUT2D eigenvalue weighted by molar-refractivity contribution is 0.768. The van der Waals surface area contributed by atoms with Crippen molar-refractivity contribution in [3.05, 3.63) is 46.9 Å². The summed E-state index contributed by atoms with van der Waals surface area (Å²) < 4.78 is 1.72. The van der Waals surface area contributed by atoms with E-state index < -0.39 is 5.56 Å². The average Bonchev–Trinajstić information content (AvgIpc) is 3.01. The largest absolute Gasteiger partial charge is 0.387 e. The number of hydrogen-bond donors (Lipinski definition) is 3. The van der Waals surface area contributed by atoms with E-state index >= 15 is 0 Å². The van der Waals surface area contributed by atoms with E-state index in [0.29, 0.717) is 11.6 Å². The Morgan fingerprint density at radius 1 is 1.29 bits per heavy atom. The van der Waals surface area contributed by atoms with Crippen LogP contribution in [0, 0.1) is 11.3 Å². The summed E-state index contributed by atoms with van der Waals surface area (Å²) in [5.41, 5.74) is 1.96. The van der Waals surface area contributed by atoms with Crippen LogP contribution in [0.3, 0.4) is 0 Å². The highest BCUT2D eigenvalue weighted by atomic mass is 16.1. The van der Waals surface area contributed by atoms with Gasteiger partial charge in [-0.1, -0.05) is 0 Å². The number of aromatic amines is 1. The van der Waals surface area contributed by atoms with Gasteiger partial charge in [0.15, 0.2) is 0 Å². The maximum absolute atomic E-state index is 11.6. The molecule has 0 saturated carbocycles. The number of nitriles is 1. The van der Waals surface area contributed by atoms with Gasteiger partial charge in [-0.15, -0.1) is 0 Å². The Bertz CT molecular complexity index is 982. The second kappa shape index (κ2) is 6.21. The SMILES string of the molecule is CNc1cc(Nc2cnc(C#N)c(=O)[nH]2)ncc1-c1cnn(C)c1. The Kier molecular flexibility index (Phi) is 3.94. The van der Waals surface area contributed by atoms with Gasteiger partial charge in [0.1, 0.15) is 17.7 Å². The fourth-order valence-electron chi connectivity index (χ4n) is 2.20. The van der Waals surface area contributed by atoms with Gasteiger partial charge in [-0.3, -0.25) is 9.48 Å². The number of aromatic nitrogens is 5. The molecule has 0 spiro atoms. The second-order valence-corrected chi connectivity index (χ2v) is 4.98. The molecule has 0 unspecified atom stereocenters. The highest BCUT2D eigenvalue weighted by molar-refractivity contribution is 5.78. The third-order valence-electron chi connectivity index (χ3n) is 3.34. The Hall–Kier alpha value is -3.67. The van der Waals surface area contributed by atoms with Crippen LogP contribution >= 0.6 is 0 Å². The molecule has 120 valence electrons. The van der Waals surface area contributed by atoms with Crippen LogP contribution in [-0.4, -0.2) is 31.8 Å². The van der Waals surface area contributed by atoms with E-state index in [2.05, 4.69) is 30.7 Å². The predicted molar refractivity (Wildman–Crippen MR) is 88.8 cm³/mol. The van der Waals surface area contributed by atoms with Crippen molar-refractivity contribution >= 4 is 17.3 Å². The predicted octanol–water partition coefficient (Wildman–Crippen LogP) is 1.22. The third kappa shape index (κ3) is 2.93. The van der Waals surface area contributed by atoms with Gasteiger partial charge < -0.3 is 15.6 Å². The van der Waals surface area contributed by atoms with Crippen LogP contribution in [0.2, 0.25) is 0 Å². The van der Waals surface area contributed by atoms with E-state index in [1.807, 2.05) is 20.3 Å². The summed E-state index contributed by atoms with van der Waals surface area (Å²) in [6.45, 7) is 0. The minimum Gasteiger partial charge on any atom is -0.387 e. The molecule has 0 aliphatic heterocycles. The van der Waals surface area contributed by atoms with E-state index in [1.54, 1.807) is 29.2 Å². The summed E-state index contributed by atoms with van der Waals surface area (Å²) in [4.78, 5) is 22.3. The first-order valence-corrected chi connectivity index (χ1v) is 7.04. The Balaban J connectivity index is 1.91. The number of nitrogens with one attached hydrogen (secondary N) is 3. The minimum absolute atomic E-state index is 0.184. The molecule has 0 bridgehead atoms. The molecule has 0 aliphatic carbocycles. The molecule has 3 N–H and O–H groups in total. The van der Waals surface area contributed by atoms with Crippen molar-refractivity contribution in [1.29, 1.82) is 5.26 Å². The second-order valence-electron chi connectivity index (χ2n) is 4.98. The maximum atomic E-state index is 11.6. The first-order valence-electron chi connectivity index (χ1n) is 7.04. The summed E-state index contributed by atoms with van der Waals surface area (Å²) in [5, 5.41) is 18.9. The van der Waals surface area contributed by atoms with Crippen molar-refractivity contribution in [2.24, 2.45) is 7.05 Å². The number of nitrogens with zero attached hydrogens (tertiary/aromatic N) is 5. The molecular formula is C15H14N8O. The first-order chi connectivity index (χ1) is 11.6. The zero-order chi connectivity index (χ0) is 17.1. The number of hydrogen-bond acceptors (Lipinski definition) is 7. The molecule has 0 radical (unpaired) electrons. The molecule has 24 heavy (non-hydrogen) atoms. The lowest BCUT2D eigenvalue weighted by Crippen LogP contribution is -2.14. The summed E-state index contributed by atoms with van der Waals surface area (Å²) >= 11 is 0. The Morgan fingerprint density at radius 2 is 2.12 bits per heavy atom. The average molecular weight is 322 g/mol. The van der Waals surface area contributed by atoms with Gasteiger partial charge in [-0.2, -0.15) is 10.4 Å². The smallest absolute Gasteiger partial charge is 0.286 e. The van der Waals surface area contributed by atoms with E-state index in [4.69, 9.17) is 5.26 Å². The van der Waals surface area contributed by atoms with Gasteiger partial charge in [0, 0.05) is 49.4 Å². The van der Waals surface area contributed by atoms with Crippen LogP contribution in [0.4, 0.5) is 17.3 Å². The van der Waals surface area contributed by atoms with E-state index in [0.717, 1.165) is 16.8 Å². The van der Waals surface area contributed by atoms with Crippen LogP contribution < -0.4 is 16.2 Å². The standard InChI is InChI=1S/C15H14N8O/c1-17-11-3-13(19-6-10(11)9-5-20-23(2)8-9)21-14-7-18-12(4-16)15(24)22-14/h3,5-8H,1-2H3,(H3,17,19,21,22,24). The summed E-state index contributed by atoms with van der Waals surface area (Å²) in [7, 11) is 3.66. The van der Waals surface area contributed by atoms with Crippen LogP contribution in [0.15, 0.2) is 35.6 Å². The summed E-state index contributed by atoms with van der Waals surface area (Å²) in [5.74, 6) is 0.872. The third-order valence-corrected chi connectivity index (χ3v) is 3.34. The van der Waals surface area contributed by atoms with Gasteiger partial charge in [-0.05, 0) is 0 Å². The molecule has 0 amide bonds. The number of H-pyrrole nitrogens is 1. The molecule has 0 saturated heterocycles. The van der Waals surface area contributed by atoms with Crippen molar-refractivity contribution in [1.82, 2.24) is 24.7 Å². The van der Waals surface area contributed by atoms with Gasteiger partial charge in [0.25, 0.3) is 5.56 Å². The molecule has 0 aliphatic rings. The van der Waals surface area contributed by atoms with Gasteiger partial charge >= 0.3 is 0 Å². The number of aryl methyl sites for hydroxylation is 1. The van der Waals surface area contributed by atoms with Crippen LogP contribution in [0.5, 0.6) is 0 Å². The number of pyridine rings is 1. The molecule has 0 fully saturated rings. The lowest BCUT2D eigenvalue weighted by atomic mass is 10.1. The fourth-order valence-corrected chi connectivity index (χ4v) is 2.20. The molecule has 3 aromatic rings.